The first-order valence-electron chi connectivity index (χ1n) is 7.67. The molecule has 136 valence electrons. The third-order valence-corrected chi connectivity index (χ3v) is 3.30. The molecular weight excluding hydrogens is 433 g/mol. The van der Waals surface area contributed by atoms with Gasteiger partial charge in [-0.3, -0.25) is 0 Å². The van der Waals surface area contributed by atoms with Gasteiger partial charge in [0.05, 0.1) is 27.4 Å². The monoisotopic (exact) mass is 457 g/mol. The lowest BCUT2D eigenvalue weighted by Crippen LogP contribution is -2.22. The minimum absolute atomic E-state index is 0. The molecule has 0 spiro atoms. The van der Waals surface area contributed by atoms with E-state index in [0.29, 0.717) is 30.6 Å². The van der Waals surface area contributed by atoms with Crippen molar-refractivity contribution in [1.29, 1.82) is 0 Å². The van der Waals surface area contributed by atoms with E-state index in [2.05, 4.69) is 10.3 Å². The van der Waals surface area contributed by atoms with Crippen molar-refractivity contribution in [2.24, 2.45) is 10.7 Å². The quantitative estimate of drug-likeness (QED) is 0.377. The van der Waals surface area contributed by atoms with Gasteiger partial charge in [-0.2, -0.15) is 0 Å². The van der Waals surface area contributed by atoms with E-state index in [-0.39, 0.29) is 24.0 Å². The van der Waals surface area contributed by atoms with Gasteiger partial charge in [-0.1, -0.05) is 12.1 Å². The van der Waals surface area contributed by atoms with Crippen LogP contribution in [0.5, 0.6) is 17.2 Å². The van der Waals surface area contributed by atoms with Crippen molar-refractivity contribution >= 4 is 35.6 Å². The lowest BCUT2D eigenvalue weighted by atomic mass is 10.2. The predicted octanol–water partition coefficient (Wildman–Crippen LogP) is 3.65. The molecule has 2 aromatic rings. The predicted molar refractivity (Wildman–Crippen MR) is 112 cm³/mol. The smallest absolute Gasteiger partial charge is 0.193 e. The van der Waals surface area contributed by atoms with Crippen molar-refractivity contribution in [1.82, 2.24) is 0 Å². The second kappa shape index (κ2) is 10.7. The zero-order valence-electron chi connectivity index (χ0n) is 14.6. The van der Waals surface area contributed by atoms with Crippen molar-refractivity contribution < 1.29 is 14.2 Å². The molecule has 0 aliphatic heterocycles. The number of methoxy groups -OCH3 is 2. The van der Waals surface area contributed by atoms with Crippen molar-refractivity contribution in [2.75, 3.05) is 26.1 Å². The van der Waals surface area contributed by atoms with E-state index in [4.69, 9.17) is 19.9 Å². The van der Waals surface area contributed by atoms with Crippen molar-refractivity contribution in [3.05, 3.63) is 48.0 Å². The molecule has 0 saturated heterocycles. The van der Waals surface area contributed by atoms with Crippen LogP contribution in [0.2, 0.25) is 0 Å². The zero-order valence-corrected chi connectivity index (χ0v) is 16.9. The van der Waals surface area contributed by atoms with Crippen LogP contribution in [0.15, 0.2) is 47.5 Å². The Bertz CT molecular complexity index is 708. The lowest BCUT2D eigenvalue weighted by molar-refractivity contribution is 0.310. The van der Waals surface area contributed by atoms with Crippen LogP contribution >= 0.6 is 24.0 Å². The first-order chi connectivity index (χ1) is 11.7. The summed E-state index contributed by atoms with van der Waals surface area (Å²) in [5, 5.41) is 3.04. The number of hydrogen-bond donors (Lipinski definition) is 2. The summed E-state index contributed by atoms with van der Waals surface area (Å²) in [6.45, 7) is 2.94. The highest BCUT2D eigenvalue weighted by Crippen LogP contribution is 2.28. The van der Waals surface area contributed by atoms with Crippen molar-refractivity contribution in [3.63, 3.8) is 0 Å². The van der Waals surface area contributed by atoms with Gasteiger partial charge in [0.15, 0.2) is 17.5 Å². The number of ether oxygens (including phenoxy) is 3. The molecular formula is C18H24IN3O3. The average Bonchev–Trinajstić information content (AvgIpc) is 2.60. The molecule has 0 amide bonds. The third kappa shape index (κ3) is 6.33. The van der Waals surface area contributed by atoms with Crippen LogP contribution in [0, 0.1) is 0 Å². The van der Waals surface area contributed by atoms with E-state index < -0.39 is 0 Å². The van der Waals surface area contributed by atoms with Crippen LogP contribution in [0.25, 0.3) is 0 Å². The Morgan fingerprint density at radius 2 is 1.88 bits per heavy atom. The van der Waals surface area contributed by atoms with Gasteiger partial charge in [0.2, 0.25) is 0 Å². The van der Waals surface area contributed by atoms with Gasteiger partial charge >= 0.3 is 0 Å². The summed E-state index contributed by atoms with van der Waals surface area (Å²) in [6.07, 6.45) is 0. The molecule has 0 bridgehead atoms. The van der Waals surface area contributed by atoms with Gasteiger partial charge < -0.3 is 25.3 Å². The summed E-state index contributed by atoms with van der Waals surface area (Å²) < 4.78 is 16.0. The number of nitrogens with zero attached hydrogens (tertiary/aromatic N) is 1. The van der Waals surface area contributed by atoms with E-state index in [0.717, 1.165) is 17.0 Å². The van der Waals surface area contributed by atoms with Crippen LogP contribution in [-0.4, -0.2) is 26.8 Å². The van der Waals surface area contributed by atoms with Gasteiger partial charge in [0.1, 0.15) is 5.75 Å². The Morgan fingerprint density at radius 1 is 1.08 bits per heavy atom. The summed E-state index contributed by atoms with van der Waals surface area (Å²) in [5.74, 6) is 2.49. The molecule has 0 atom stereocenters. The molecule has 0 fully saturated rings. The lowest BCUT2D eigenvalue weighted by Gasteiger charge is -2.11. The Morgan fingerprint density at radius 3 is 2.56 bits per heavy atom. The standard InChI is InChI=1S/C18H23N3O3.HI/c1-4-24-17-10-13(8-9-16(17)23-3)12-20-18(19)21-14-6-5-7-15(11-14)22-2;/h5-11H,4,12H2,1-3H3,(H3,19,20,21);1H. The first-order valence-corrected chi connectivity index (χ1v) is 7.67. The average molecular weight is 457 g/mol. The second-order valence-corrected chi connectivity index (χ2v) is 4.98. The maximum atomic E-state index is 5.94. The Balaban J connectivity index is 0.00000312. The topological polar surface area (TPSA) is 78.1 Å². The van der Waals surface area contributed by atoms with E-state index in [1.165, 1.54) is 0 Å². The maximum Gasteiger partial charge on any atom is 0.193 e. The largest absolute Gasteiger partial charge is 0.497 e. The van der Waals surface area contributed by atoms with Crippen molar-refractivity contribution in [2.45, 2.75) is 13.5 Å². The van der Waals surface area contributed by atoms with Gasteiger partial charge in [0.25, 0.3) is 0 Å². The summed E-state index contributed by atoms with van der Waals surface area (Å²) in [4.78, 5) is 4.35. The Labute approximate surface area is 165 Å². The summed E-state index contributed by atoms with van der Waals surface area (Å²) in [6, 6.07) is 13.2. The number of hydrogen-bond acceptors (Lipinski definition) is 4. The number of aliphatic imine (C=N–C) groups is 1. The summed E-state index contributed by atoms with van der Waals surface area (Å²) in [7, 11) is 3.24. The van der Waals surface area contributed by atoms with Gasteiger partial charge in [0, 0.05) is 11.8 Å². The second-order valence-electron chi connectivity index (χ2n) is 4.98. The normalized spacial score (nSPS) is 10.6. The molecule has 25 heavy (non-hydrogen) atoms. The highest BCUT2D eigenvalue weighted by atomic mass is 127. The number of benzene rings is 2. The van der Waals surface area contributed by atoms with E-state index in [1.54, 1.807) is 14.2 Å². The number of nitrogens with two attached hydrogens (primary N) is 1. The molecule has 2 rings (SSSR count). The fourth-order valence-electron chi connectivity index (χ4n) is 2.15. The molecule has 7 heteroatoms. The number of rotatable bonds is 7. The highest BCUT2D eigenvalue weighted by Gasteiger charge is 2.05. The minimum atomic E-state index is 0. The Hall–Kier alpha value is -2.16. The maximum absolute atomic E-state index is 5.94. The Kier molecular flexibility index (Phi) is 8.90. The SMILES string of the molecule is CCOc1cc(CN=C(N)Nc2cccc(OC)c2)ccc1OC.I. The molecule has 0 aliphatic carbocycles. The molecule has 0 saturated carbocycles. The molecule has 6 nitrogen and oxygen atoms in total. The molecule has 0 aromatic heterocycles. The first kappa shape index (κ1) is 20.9. The summed E-state index contributed by atoms with van der Waals surface area (Å²) in [5.41, 5.74) is 7.74. The molecule has 0 heterocycles. The molecule has 2 aromatic carbocycles. The molecule has 0 unspecified atom stereocenters. The fourth-order valence-corrected chi connectivity index (χ4v) is 2.15. The summed E-state index contributed by atoms with van der Waals surface area (Å²) >= 11 is 0. The van der Waals surface area contributed by atoms with Crippen LogP contribution in [0.4, 0.5) is 5.69 Å². The van der Waals surface area contributed by atoms with E-state index in [9.17, 15) is 0 Å². The number of anilines is 1. The van der Waals surface area contributed by atoms with Crippen LogP contribution in [-0.2, 0) is 6.54 Å². The van der Waals surface area contributed by atoms with Crippen LogP contribution in [0.1, 0.15) is 12.5 Å². The zero-order chi connectivity index (χ0) is 17.4. The number of halogens is 1. The number of nitrogens with one attached hydrogen (secondary N) is 1. The van der Waals surface area contributed by atoms with Crippen LogP contribution < -0.4 is 25.3 Å². The molecule has 3 N–H and O–H groups in total. The van der Waals surface area contributed by atoms with E-state index in [1.807, 2.05) is 49.4 Å². The molecule has 0 radical (unpaired) electrons. The third-order valence-electron chi connectivity index (χ3n) is 3.30. The van der Waals surface area contributed by atoms with E-state index >= 15 is 0 Å². The van der Waals surface area contributed by atoms with Crippen LogP contribution in [0.3, 0.4) is 0 Å². The number of guanidine groups is 1. The van der Waals surface area contributed by atoms with Gasteiger partial charge in [-0.05, 0) is 36.8 Å². The van der Waals surface area contributed by atoms with Gasteiger partial charge in [-0.15, -0.1) is 24.0 Å². The molecule has 0 aliphatic rings. The van der Waals surface area contributed by atoms with Crippen molar-refractivity contribution in [3.8, 4) is 17.2 Å². The fraction of sp³-hybridized carbons (Fsp3) is 0.278. The van der Waals surface area contributed by atoms with Gasteiger partial charge in [-0.25, -0.2) is 4.99 Å². The highest BCUT2D eigenvalue weighted by molar-refractivity contribution is 14.0. The minimum Gasteiger partial charge on any atom is -0.497 e.